The Hall–Kier alpha value is 1.84. The summed E-state index contributed by atoms with van der Waals surface area (Å²) in [7, 11) is 0. The van der Waals surface area contributed by atoms with E-state index in [1.54, 1.807) is 0 Å². The van der Waals surface area contributed by atoms with E-state index in [4.69, 9.17) is 20.4 Å². The molecule has 4 N–H and O–H groups in total. The molecule has 0 saturated carbocycles. The van der Waals surface area contributed by atoms with Crippen LogP contribution < -0.4 is 0 Å². The van der Waals surface area contributed by atoms with Crippen LogP contribution in [0.2, 0.25) is 0 Å². The standard InChI is InChI=1S/C9H13NO8.4Na.4H/c11-6(12)2-1-5(9(17)18)10(3-7(13)14)4-8(15)16;;;;;;;;/h5H,1-4H2,(H,11,12)(H,13,14)(H,15,16)(H,17,18);;;;;;;;/t5-;;;;;;;;/m0......../s1. The quantitative estimate of drug-likeness (QED) is 0.303. The van der Waals surface area contributed by atoms with Crippen molar-refractivity contribution in [3.8, 4) is 0 Å². The molecule has 0 spiro atoms. The van der Waals surface area contributed by atoms with Gasteiger partial charge >= 0.3 is 142 Å². The molecule has 0 saturated heterocycles. The van der Waals surface area contributed by atoms with Gasteiger partial charge in [-0.1, -0.05) is 0 Å². The van der Waals surface area contributed by atoms with Crippen LogP contribution in [0.15, 0.2) is 0 Å². The van der Waals surface area contributed by atoms with Crippen molar-refractivity contribution in [2.24, 2.45) is 0 Å². The third-order valence-electron chi connectivity index (χ3n) is 2.03. The summed E-state index contributed by atoms with van der Waals surface area (Å²) in [6.07, 6.45) is -0.863. The van der Waals surface area contributed by atoms with E-state index in [1.807, 2.05) is 0 Å². The molecule has 22 heavy (non-hydrogen) atoms. The Bertz CT molecular complexity index is 352. The molecule has 0 aromatic carbocycles. The van der Waals surface area contributed by atoms with Crippen LogP contribution >= 0.6 is 0 Å². The average molecular weight is 359 g/mol. The van der Waals surface area contributed by atoms with Gasteiger partial charge in [-0.3, -0.25) is 24.1 Å². The van der Waals surface area contributed by atoms with Crippen molar-refractivity contribution in [3.63, 3.8) is 0 Å². The first kappa shape index (κ1) is 35.0. The predicted octanol–water partition coefficient (Wildman–Crippen LogP) is -3.82. The zero-order valence-corrected chi connectivity index (χ0v) is 9.27. The van der Waals surface area contributed by atoms with E-state index in [0.29, 0.717) is 4.90 Å². The molecular weight excluding hydrogens is 342 g/mol. The number of aliphatic carboxylic acids is 4. The molecule has 9 nitrogen and oxygen atoms in total. The molecule has 0 heterocycles. The summed E-state index contributed by atoms with van der Waals surface area (Å²) < 4.78 is 0. The molecule has 0 aliphatic carbocycles. The van der Waals surface area contributed by atoms with Gasteiger partial charge in [-0.05, 0) is 6.42 Å². The van der Waals surface area contributed by atoms with Crippen LogP contribution in [0.4, 0.5) is 0 Å². The Morgan fingerprint density at radius 2 is 1.09 bits per heavy atom. The predicted molar refractivity (Wildman–Crippen MR) is 83.7 cm³/mol. The second kappa shape index (κ2) is 19.2. The van der Waals surface area contributed by atoms with Crippen LogP contribution in [0.25, 0.3) is 0 Å². The minimum atomic E-state index is -1.46. The number of carbonyl (C=O) groups is 4. The van der Waals surface area contributed by atoms with E-state index in [-0.39, 0.29) is 125 Å². The summed E-state index contributed by atoms with van der Waals surface area (Å²) in [5, 5.41) is 34.4. The normalized spacial score (nSPS) is 9.86. The summed E-state index contributed by atoms with van der Waals surface area (Å²) >= 11 is 0. The number of nitrogens with zero attached hydrogens (tertiary/aromatic N) is 1. The van der Waals surface area contributed by atoms with Crippen molar-refractivity contribution in [3.05, 3.63) is 0 Å². The van der Waals surface area contributed by atoms with E-state index >= 15 is 0 Å². The summed E-state index contributed by atoms with van der Waals surface area (Å²) in [5.41, 5.74) is 0. The SMILES string of the molecule is O=C(O)CC[C@@H](C(=O)O)N(CC(=O)O)CC(=O)O.[NaH].[NaH].[NaH].[NaH]. The van der Waals surface area contributed by atoms with Crippen molar-refractivity contribution in [2.45, 2.75) is 18.9 Å². The average Bonchev–Trinajstić information content (AvgIpc) is 2.14. The number of carboxylic acids is 4. The van der Waals surface area contributed by atoms with E-state index in [9.17, 15) is 19.2 Å². The molecule has 0 aromatic heterocycles. The van der Waals surface area contributed by atoms with Crippen LogP contribution in [-0.4, -0.2) is 187 Å². The Balaban J connectivity index is -0.000000241. The van der Waals surface area contributed by atoms with E-state index < -0.39 is 49.4 Å². The fraction of sp³-hybridized carbons (Fsp3) is 0.556. The second-order valence-corrected chi connectivity index (χ2v) is 3.48. The minimum absolute atomic E-state index is 0. The van der Waals surface area contributed by atoms with Gasteiger partial charge in [0.1, 0.15) is 6.04 Å². The summed E-state index contributed by atoms with van der Waals surface area (Å²) in [4.78, 5) is 43.0. The maximum absolute atomic E-state index is 10.9. The number of carboxylic acid groups (broad SMARTS) is 4. The van der Waals surface area contributed by atoms with Crippen LogP contribution in [0.5, 0.6) is 0 Å². The fourth-order valence-corrected chi connectivity index (χ4v) is 1.35. The first-order valence-electron chi connectivity index (χ1n) is 4.86. The van der Waals surface area contributed by atoms with E-state index in [1.165, 1.54) is 0 Å². The Morgan fingerprint density at radius 1 is 0.727 bits per heavy atom. The first-order valence-corrected chi connectivity index (χ1v) is 4.86. The van der Waals surface area contributed by atoms with Gasteiger partial charge in [0, 0.05) is 6.42 Å². The molecule has 0 aliphatic heterocycles. The van der Waals surface area contributed by atoms with Gasteiger partial charge < -0.3 is 20.4 Å². The van der Waals surface area contributed by atoms with Crippen LogP contribution in [-0.2, 0) is 19.2 Å². The Morgan fingerprint density at radius 3 is 1.32 bits per heavy atom. The maximum atomic E-state index is 10.9. The molecule has 1 atom stereocenters. The summed E-state index contributed by atoms with van der Waals surface area (Å²) in [5.74, 6) is -5.48. The Labute approximate surface area is 215 Å². The third-order valence-corrected chi connectivity index (χ3v) is 2.03. The second-order valence-electron chi connectivity index (χ2n) is 3.48. The summed E-state index contributed by atoms with van der Waals surface area (Å²) in [6, 6.07) is -1.46. The molecule has 0 bridgehead atoms. The van der Waals surface area contributed by atoms with Gasteiger partial charge in [0.15, 0.2) is 0 Å². The van der Waals surface area contributed by atoms with Crippen molar-refractivity contribution in [1.29, 1.82) is 0 Å². The van der Waals surface area contributed by atoms with Crippen LogP contribution in [0.3, 0.4) is 0 Å². The van der Waals surface area contributed by atoms with Gasteiger partial charge in [0.05, 0.1) is 13.1 Å². The number of hydrogen-bond acceptors (Lipinski definition) is 5. The Kier molecular flexibility index (Phi) is 30.5. The number of rotatable bonds is 9. The van der Waals surface area contributed by atoms with Crippen LogP contribution in [0, 0.1) is 0 Å². The van der Waals surface area contributed by atoms with E-state index in [0.717, 1.165) is 0 Å². The molecule has 0 fully saturated rings. The molecule has 0 aromatic rings. The van der Waals surface area contributed by atoms with Gasteiger partial charge in [0.2, 0.25) is 0 Å². The topological polar surface area (TPSA) is 152 Å². The molecule has 0 radical (unpaired) electrons. The molecule has 13 heteroatoms. The fourth-order valence-electron chi connectivity index (χ4n) is 1.35. The zero-order chi connectivity index (χ0) is 14.3. The van der Waals surface area contributed by atoms with Crippen LogP contribution in [0.1, 0.15) is 12.8 Å². The molecular formula is C9H17NNa4O8. The van der Waals surface area contributed by atoms with Gasteiger partial charge in [-0.15, -0.1) is 0 Å². The van der Waals surface area contributed by atoms with Gasteiger partial charge in [0.25, 0.3) is 0 Å². The third kappa shape index (κ3) is 18.2. The zero-order valence-electron chi connectivity index (χ0n) is 9.27. The van der Waals surface area contributed by atoms with Crippen molar-refractivity contribution < 1.29 is 39.6 Å². The van der Waals surface area contributed by atoms with Crippen molar-refractivity contribution >= 4 is 142 Å². The summed E-state index contributed by atoms with van der Waals surface area (Å²) in [6.45, 7) is -1.58. The number of hydrogen-bond donors (Lipinski definition) is 4. The molecule has 110 valence electrons. The molecule has 0 aliphatic rings. The van der Waals surface area contributed by atoms with Crippen molar-refractivity contribution in [1.82, 2.24) is 4.90 Å². The van der Waals surface area contributed by atoms with E-state index in [2.05, 4.69) is 0 Å². The molecule has 0 unspecified atom stereocenters. The van der Waals surface area contributed by atoms with Gasteiger partial charge in [-0.25, -0.2) is 0 Å². The molecule has 0 rings (SSSR count). The van der Waals surface area contributed by atoms with Gasteiger partial charge in [-0.2, -0.15) is 0 Å². The molecule has 0 amide bonds. The monoisotopic (exact) mass is 359 g/mol. The first-order chi connectivity index (χ1) is 8.23. The van der Waals surface area contributed by atoms with Crippen molar-refractivity contribution in [2.75, 3.05) is 13.1 Å².